The van der Waals surface area contributed by atoms with Crippen molar-refractivity contribution in [1.82, 2.24) is 0 Å². The molecule has 0 saturated heterocycles. The Kier molecular flexibility index (Phi) is 17.8. The van der Waals surface area contributed by atoms with E-state index in [1.54, 1.807) is 60.7 Å². The van der Waals surface area contributed by atoms with E-state index in [1.807, 2.05) is 91.0 Å². The van der Waals surface area contributed by atoms with E-state index in [1.165, 1.54) is 83.5 Å². The van der Waals surface area contributed by atoms with Gasteiger partial charge in [0.1, 0.15) is 0 Å². The Hall–Kier alpha value is -14.9. The van der Waals surface area contributed by atoms with E-state index < -0.39 is 0 Å². The number of rotatable bonds is 11. The molecule has 0 aliphatic carbocycles. The lowest BCUT2D eigenvalue weighted by Gasteiger charge is -2.19. The third kappa shape index (κ3) is 12.6. The second-order valence-corrected chi connectivity index (χ2v) is 27.8. The lowest BCUT2D eigenvalue weighted by atomic mass is 9.85. The van der Waals surface area contributed by atoms with Crippen LogP contribution in [0.4, 0.5) is 0 Å². The van der Waals surface area contributed by atoms with Gasteiger partial charge in [0.05, 0.1) is 0 Å². The zero-order valence-corrected chi connectivity index (χ0v) is 60.0. The van der Waals surface area contributed by atoms with E-state index >= 15 is 0 Å². The topological polar surface area (TPSA) is 120 Å². The van der Waals surface area contributed by atoms with Crippen molar-refractivity contribution in [3.63, 3.8) is 0 Å². The molecule has 0 radical (unpaired) electrons. The van der Waals surface area contributed by atoms with Crippen LogP contribution in [0.2, 0.25) is 0 Å². The summed E-state index contributed by atoms with van der Waals surface area (Å²) in [4.78, 5) is 40.1. The monoisotopic (exact) mass is 1420 g/mol. The van der Waals surface area contributed by atoms with E-state index in [-0.39, 0.29) is 51.3 Å². The summed E-state index contributed by atoms with van der Waals surface area (Å²) in [6.45, 7) is 0. The fourth-order valence-corrected chi connectivity index (χ4v) is 16.2. The SMILES string of the molecule is O=C(c1ccc(-c2c3ccccc3c(-c3ccc4ccccc4c3)c3ccccc23)cc1)c1ccccc1[O-].O=C(c1cccc(-c2c3ccccc3c(-c3ccc4ccccc4c3)c3ccccc23)c1)c1ccccc1[O-].O=C(c1ccccc1[O-])c1c2ccccc2c(-c2ccc3ccccc3c2)c2ccccc12. The third-order valence-corrected chi connectivity index (χ3v) is 21.4. The minimum absolute atomic E-state index is 0.191. The van der Waals surface area contributed by atoms with Gasteiger partial charge in [0, 0.05) is 33.4 Å². The minimum atomic E-state index is -0.261. The van der Waals surface area contributed by atoms with Crippen LogP contribution in [0.1, 0.15) is 47.8 Å². The lowest BCUT2D eigenvalue weighted by molar-refractivity contribution is -0.269. The minimum Gasteiger partial charge on any atom is -0.872 e. The van der Waals surface area contributed by atoms with Crippen LogP contribution in [0.25, 0.3) is 153 Å². The maximum Gasteiger partial charge on any atom is 0.193 e. The number of benzene rings is 20. The first-order valence-corrected chi connectivity index (χ1v) is 37.0. The van der Waals surface area contributed by atoms with Crippen molar-refractivity contribution in [2.45, 2.75) is 0 Å². The van der Waals surface area contributed by atoms with Gasteiger partial charge in [0.15, 0.2) is 17.3 Å². The molecule has 0 spiro atoms. The second-order valence-electron chi connectivity index (χ2n) is 27.8. The second kappa shape index (κ2) is 29.1. The summed E-state index contributed by atoms with van der Waals surface area (Å²) >= 11 is 0. The van der Waals surface area contributed by atoms with Gasteiger partial charge in [-0.1, -0.05) is 387 Å². The number of carbonyl (C=O) groups excluding carboxylic acids is 3. The van der Waals surface area contributed by atoms with Crippen LogP contribution in [0.3, 0.4) is 0 Å². The summed E-state index contributed by atoms with van der Waals surface area (Å²) in [5.74, 6) is -1.53. The van der Waals surface area contributed by atoms with Gasteiger partial charge in [-0.25, -0.2) is 0 Å². The summed E-state index contributed by atoms with van der Waals surface area (Å²) in [6.07, 6.45) is 0. The van der Waals surface area contributed by atoms with E-state index in [9.17, 15) is 29.7 Å². The standard InChI is InChI=1S/2C37H24O2.C31H20O2/c38-34-19-8-7-18-33(34)37(39)28-13-9-12-26(23-28)35-29-14-3-5-16-31(29)36(32-17-6-4-15-30(32)35)27-21-20-24-10-1-2-11-25(24)22-27;38-34-16-8-7-15-33(34)37(39)26-20-18-25(19-21-26)35-29-11-3-5-13-31(29)36(32-14-6-4-12-30(32)35)28-22-17-24-9-1-2-10-27(24)23-28;32-28-16-8-7-15-27(28)31(33)30-25-13-5-3-11-23(25)29(24-12-4-6-14-26(24)30)22-18-17-20-9-1-2-10-21(20)19-22/h2*1-23,38H;1-19,32H/p-3. The molecule has 0 aliphatic rings. The van der Waals surface area contributed by atoms with Crippen LogP contribution < -0.4 is 15.3 Å². The van der Waals surface area contributed by atoms with Gasteiger partial charge < -0.3 is 15.3 Å². The average Bonchev–Trinajstić information content (AvgIpc) is 0.743. The van der Waals surface area contributed by atoms with Gasteiger partial charge in [0.25, 0.3) is 0 Å². The Morgan fingerprint density at radius 3 is 0.748 bits per heavy atom. The first-order valence-electron chi connectivity index (χ1n) is 37.0. The van der Waals surface area contributed by atoms with Gasteiger partial charge in [0.2, 0.25) is 0 Å². The highest BCUT2D eigenvalue weighted by Crippen LogP contribution is 2.48. The van der Waals surface area contributed by atoms with Crippen LogP contribution in [0.15, 0.2) is 394 Å². The molecule has 0 N–H and O–H groups in total. The molecule has 0 aromatic heterocycles. The fraction of sp³-hybridized carbons (Fsp3) is 0. The lowest BCUT2D eigenvalue weighted by Crippen LogP contribution is -2.08. The number of carbonyl (C=O) groups is 3. The first kappa shape index (κ1) is 68.0. The van der Waals surface area contributed by atoms with Crippen molar-refractivity contribution in [2.24, 2.45) is 0 Å². The van der Waals surface area contributed by atoms with E-state index in [0.717, 1.165) is 87.2 Å². The van der Waals surface area contributed by atoms with Crippen LogP contribution in [0.5, 0.6) is 17.2 Å². The van der Waals surface area contributed by atoms with Crippen molar-refractivity contribution in [2.75, 3.05) is 0 Å². The number of hydrogen-bond acceptors (Lipinski definition) is 6. The molecular weight excluding hydrogens is 1360 g/mol. The summed E-state index contributed by atoms with van der Waals surface area (Å²) in [7, 11) is 0. The Labute approximate surface area is 640 Å². The molecular formula is C105H65O6-3. The van der Waals surface area contributed by atoms with Crippen molar-refractivity contribution < 1.29 is 29.7 Å². The summed E-state index contributed by atoms with van der Waals surface area (Å²) in [6, 6.07) is 130. The highest BCUT2D eigenvalue weighted by molar-refractivity contribution is 6.30. The molecule has 6 heteroatoms. The molecule has 0 aliphatic heterocycles. The van der Waals surface area contributed by atoms with Gasteiger partial charge in [-0.3, -0.25) is 14.4 Å². The van der Waals surface area contributed by atoms with Gasteiger partial charge in [-0.15, -0.1) is 0 Å². The normalized spacial score (nSPS) is 11.3. The number of para-hydroxylation sites is 3. The zero-order valence-electron chi connectivity index (χ0n) is 60.0. The summed E-state index contributed by atoms with van der Waals surface area (Å²) in [5.41, 5.74) is 13.3. The number of fused-ring (bicyclic) bond motifs is 9. The van der Waals surface area contributed by atoms with Crippen LogP contribution in [-0.2, 0) is 0 Å². The third-order valence-electron chi connectivity index (χ3n) is 21.4. The van der Waals surface area contributed by atoms with Gasteiger partial charge in [-0.05, 0) is 177 Å². The molecule has 20 aromatic carbocycles. The molecule has 6 nitrogen and oxygen atoms in total. The first-order chi connectivity index (χ1) is 54.6. The van der Waals surface area contributed by atoms with Gasteiger partial charge >= 0.3 is 0 Å². The Balaban J connectivity index is 0.000000117. The average molecular weight is 1420 g/mol. The van der Waals surface area contributed by atoms with Crippen molar-refractivity contribution in [3.05, 3.63) is 428 Å². The van der Waals surface area contributed by atoms with Crippen molar-refractivity contribution in [3.8, 4) is 72.9 Å². The van der Waals surface area contributed by atoms with E-state index in [2.05, 4.69) is 224 Å². The fourth-order valence-electron chi connectivity index (χ4n) is 16.2. The predicted octanol–water partition coefficient (Wildman–Crippen LogP) is 24.7. The molecule has 111 heavy (non-hydrogen) atoms. The Morgan fingerprint density at radius 1 is 0.171 bits per heavy atom. The quantitative estimate of drug-likeness (QED) is 0.0939. The molecule has 0 bridgehead atoms. The Bertz CT molecular complexity index is 6960. The molecule has 0 unspecified atom stereocenters. The molecule has 0 saturated carbocycles. The molecule has 0 fully saturated rings. The molecule has 0 heterocycles. The van der Waals surface area contributed by atoms with Crippen LogP contribution in [0, 0.1) is 0 Å². The van der Waals surface area contributed by atoms with E-state index in [4.69, 9.17) is 0 Å². The van der Waals surface area contributed by atoms with Gasteiger partial charge in [-0.2, -0.15) is 0 Å². The molecule has 524 valence electrons. The summed E-state index contributed by atoms with van der Waals surface area (Å²) in [5, 5.41) is 57.2. The number of ketones is 3. The molecule has 0 amide bonds. The zero-order chi connectivity index (χ0) is 75.1. The number of hydrogen-bond donors (Lipinski definition) is 0. The predicted molar refractivity (Wildman–Crippen MR) is 452 cm³/mol. The van der Waals surface area contributed by atoms with Crippen molar-refractivity contribution in [1.29, 1.82) is 0 Å². The highest BCUT2D eigenvalue weighted by atomic mass is 16.3. The smallest absolute Gasteiger partial charge is 0.193 e. The Morgan fingerprint density at radius 2 is 0.414 bits per heavy atom. The maximum atomic E-state index is 13.7. The van der Waals surface area contributed by atoms with Crippen molar-refractivity contribution >= 4 is 114 Å². The van der Waals surface area contributed by atoms with Crippen LogP contribution >= 0.6 is 0 Å². The molecule has 20 rings (SSSR count). The van der Waals surface area contributed by atoms with E-state index in [0.29, 0.717) is 16.7 Å². The maximum absolute atomic E-state index is 13.7. The highest BCUT2D eigenvalue weighted by Gasteiger charge is 2.24. The molecule has 0 atom stereocenters. The largest absolute Gasteiger partial charge is 0.872 e. The van der Waals surface area contributed by atoms with Crippen LogP contribution in [-0.4, -0.2) is 17.3 Å². The summed E-state index contributed by atoms with van der Waals surface area (Å²) < 4.78 is 0. The molecule has 20 aromatic rings.